The van der Waals surface area contributed by atoms with Crippen molar-refractivity contribution in [3.63, 3.8) is 0 Å². The fourth-order valence-corrected chi connectivity index (χ4v) is 1.75. The Labute approximate surface area is 101 Å². The highest BCUT2D eigenvalue weighted by Gasteiger charge is 2.07. The van der Waals surface area contributed by atoms with E-state index in [9.17, 15) is 0 Å². The van der Waals surface area contributed by atoms with Gasteiger partial charge in [-0.05, 0) is 26.8 Å². The Morgan fingerprint density at radius 1 is 1.41 bits per heavy atom. The third kappa shape index (κ3) is 2.39. The van der Waals surface area contributed by atoms with E-state index in [0.717, 1.165) is 17.0 Å². The fraction of sp³-hybridized carbons (Fsp3) is 0.500. The normalized spacial score (nSPS) is 11.4. The summed E-state index contributed by atoms with van der Waals surface area (Å²) in [6.45, 7) is 7.50. The molecule has 0 spiro atoms. The monoisotopic (exact) mass is 233 g/mol. The second-order valence-corrected chi connectivity index (χ2v) is 4.50. The fourth-order valence-electron chi connectivity index (χ4n) is 1.75. The zero-order chi connectivity index (χ0) is 12.4. The van der Waals surface area contributed by atoms with Gasteiger partial charge in [0.1, 0.15) is 0 Å². The summed E-state index contributed by atoms with van der Waals surface area (Å²) in [7, 11) is 0. The van der Waals surface area contributed by atoms with Crippen molar-refractivity contribution in [3.05, 3.63) is 35.4 Å². The Balaban J connectivity index is 2.16. The molecule has 5 heteroatoms. The van der Waals surface area contributed by atoms with Crippen molar-refractivity contribution in [2.45, 2.75) is 39.9 Å². The molecule has 0 saturated carbocycles. The van der Waals surface area contributed by atoms with Crippen LogP contribution >= 0.6 is 0 Å². The molecule has 2 heterocycles. The number of nitrogens with two attached hydrogens (primary N) is 1. The first-order valence-electron chi connectivity index (χ1n) is 5.87. The Hall–Kier alpha value is -1.62. The summed E-state index contributed by atoms with van der Waals surface area (Å²) in [5.41, 5.74) is 8.86. The Bertz CT molecular complexity index is 495. The van der Waals surface area contributed by atoms with Crippen LogP contribution in [0.15, 0.2) is 18.5 Å². The number of hydrogen-bond donors (Lipinski definition) is 1. The molecule has 0 bridgehead atoms. The van der Waals surface area contributed by atoms with E-state index in [2.05, 4.69) is 24.0 Å². The minimum Gasteiger partial charge on any atom is -0.326 e. The van der Waals surface area contributed by atoms with Gasteiger partial charge >= 0.3 is 0 Å². The molecule has 0 aliphatic carbocycles. The van der Waals surface area contributed by atoms with Crippen molar-refractivity contribution in [3.8, 4) is 0 Å². The third-order valence-electron chi connectivity index (χ3n) is 2.93. The van der Waals surface area contributed by atoms with E-state index >= 15 is 0 Å². The van der Waals surface area contributed by atoms with Gasteiger partial charge in [0, 0.05) is 30.0 Å². The van der Waals surface area contributed by atoms with Crippen LogP contribution in [0.25, 0.3) is 0 Å². The first-order valence-corrected chi connectivity index (χ1v) is 5.87. The predicted octanol–water partition coefficient (Wildman–Crippen LogP) is 1.48. The van der Waals surface area contributed by atoms with E-state index in [1.54, 1.807) is 0 Å². The number of rotatable bonds is 4. The SMILES string of the molecule is Cc1c(CN)cnn1Cc1ccn(C(C)C)n1. The molecule has 0 aromatic carbocycles. The van der Waals surface area contributed by atoms with Gasteiger partial charge in [0.2, 0.25) is 0 Å². The van der Waals surface area contributed by atoms with Gasteiger partial charge in [-0.15, -0.1) is 0 Å². The van der Waals surface area contributed by atoms with Gasteiger partial charge in [-0.2, -0.15) is 10.2 Å². The summed E-state index contributed by atoms with van der Waals surface area (Å²) in [5.74, 6) is 0. The maximum atomic E-state index is 5.63. The largest absolute Gasteiger partial charge is 0.326 e. The first kappa shape index (κ1) is 11.9. The van der Waals surface area contributed by atoms with Gasteiger partial charge in [-0.1, -0.05) is 0 Å². The molecule has 0 amide bonds. The van der Waals surface area contributed by atoms with Crippen LogP contribution < -0.4 is 5.73 Å². The molecule has 0 radical (unpaired) electrons. The highest BCUT2D eigenvalue weighted by molar-refractivity contribution is 5.16. The smallest absolute Gasteiger partial charge is 0.0852 e. The summed E-state index contributed by atoms with van der Waals surface area (Å²) >= 11 is 0. The highest BCUT2D eigenvalue weighted by atomic mass is 15.3. The molecule has 0 unspecified atom stereocenters. The summed E-state index contributed by atoms with van der Waals surface area (Å²) < 4.78 is 3.90. The van der Waals surface area contributed by atoms with Crippen molar-refractivity contribution in [1.29, 1.82) is 0 Å². The van der Waals surface area contributed by atoms with Gasteiger partial charge in [0.15, 0.2) is 0 Å². The van der Waals surface area contributed by atoms with Crippen LogP contribution in [0.1, 0.15) is 36.8 Å². The Kier molecular flexibility index (Phi) is 3.28. The van der Waals surface area contributed by atoms with Crippen LogP contribution in [0.2, 0.25) is 0 Å². The summed E-state index contributed by atoms with van der Waals surface area (Å²) in [6, 6.07) is 2.42. The van der Waals surface area contributed by atoms with Gasteiger partial charge in [0.05, 0.1) is 18.4 Å². The van der Waals surface area contributed by atoms with Crippen LogP contribution in [0.5, 0.6) is 0 Å². The topological polar surface area (TPSA) is 61.7 Å². The van der Waals surface area contributed by atoms with Crippen molar-refractivity contribution < 1.29 is 0 Å². The summed E-state index contributed by atoms with van der Waals surface area (Å²) in [6.07, 6.45) is 3.83. The number of hydrogen-bond acceptors (Lipinski definition) is 3. The molecule has 92 valence electrons. The van der Waals surface area contributed by atoms with Gasteiger partial charge in [-0.25, -0.2) is 0 Å². The number of aromatic nitrogens is 4. The van der Waals surface area contributed by atoms with E-state index in [-0.39, 0.29) is 0 Å². The predicted molar refractivity (Wildman–Crippen MR) is 66.6 cm³/mol. The van der Waals surface area contributed by atoms with E-state index in [0.29, 0.717) is 19.1 Å². The van der Waals surface area contributed by atoms with E-state index in [4.69, 9.17) is 5.73 Å². The molecule has 2 N–H and O–H groups in total. The molecule has 0 aliphatic heterocycles. The average Bonchev–Trinajstić information content (AvgIpc) is 2.88. The Morgan fingerprint density at radius 2 is 2.18 bits per heavy atom. The zero-order valence-corrected chi connectivity index (χ0v) is 10.6. The summed E-state index contributed by atoms with van der Waals surface area (Å²) in [4.78, 5) is 0. The molecule has 2 aromatic rings. The van der Waals surface area contributed by atoms with Gasteiger partial charge in [-0.3, -0.25) is 9.36 Å². The standard InChI is InChI=1S/C12H19N5/c1-9(2)16-5-4-12(15-16)8-17-10(3)11(6-13)7-14-17/h4-5,7,9H,6,8,13H2,1-3H3. The van der Waals surface area contributed by atoms with E-state index in [1.165, 1.54) is 0 Å². The van der Waals surface area contributed by atoms with Crippen LogP contribution in [0, 0.1) is 6.92 Å². The molecule has 0 aliphatic rings. The van der Waals surface area contributed by atoms with E-state index in [1.807, 2.05) is 34.7 Å². The van der Waals surface area contributed by atoms with E-state index < -0.39 is 0 Å². The van der Waals surface area contributed by atoms with Crippen LogP contribution in [-0.2, 0) is 13.1 Å². The highest BCUT2D eigenvalue weighted by Crippen LogP contribution is 2.10. The maximum Gasteiger partial charge on any atom is 0.0852 e. The molecule has 5 nitrogen and oxygen atoms in total. The lowest BCUT2D eigenvalue weighted by atomic mass is 10.2. The second-order valence-electron chi connectivity index (χ2n) is 4.50. The molecule has 2 rings (SSSR count). The number of nitrogens with zero attached hydrogens (tertiary/aromatic N) is 4. The second kappa shape index (κ2) is 4.71. The third-order valence-corrected chi connectivity index (χ3v) is 2.93. The summed E-state index contributed by atoms with van der Waals surface area (Å²) in [5, 5.41) is 8.83. The maximum absolute atomic E-state index is 5.63. The average molecular weight is 233 g/mol. The lowest BCUT2D eigenvalue weighted by molar-refractivity contribution is 0.519. The van der Waals surface area contributed by atoms with Crippen molar-refractivity contribution in [1.82, 2.24) is 19.6 Å². The molecular weight excluding hydrogens is 214 g/mol. The zero-order valence-electron chi connectivity index (χ0n) is 10.6. The first-order chi connectivity index (χ1) is 8.11. The van der Waals surface area contributed by atoms with Crippen molar-refractivity contribution >= 4 is 0 Å². The van der Waals surface area contributed by atoms with Crippen LogP contribution in [-0.4, -0.2) is 19.6 Å². The van der Waals surface area contributed by atoms with Crippen LogP contribution in [0.3, 0.4) is 0 Å². The quantitative estimate of drug-likeness (QED) is 0.870. The van der Waals surface area contributed by atoms with Gasteiger partial charge < -0.3 is 5.73 Å². The minimum atomic E-state index is 0.391. The van der Waals surface area contributed by atoms with Gasteiger partial charge in [0.25, 0.3) is 0 Å². The van der Waals surface area contributed by atoms with Crippen molar-refractivity contribution in [2.75, 3.05) is 0 Å². The molecule has 0 atom stereocenters. The molecule has 0 fully saturated rings. The van der Waals surface area contributed by atoms with Crippen LogP contribution in [0.4, 0.5) is 0 Å². The lowest BCUT2D eigenvalue weighted by Crippen LogP contribution is -2.07. The van der Waals surface area contributed by atoms with Crippen molar-refractivity contribution in [2.24, 2.45) is 5.73 Å². The molecule has 17 heavy (non-hydrogen) atoms. The molecule has 0 saturated heterocycles. The minimum absolute atomic E-state index is 0.391. The molecular formula is C12H19N5. The lowest BCUT2D eigenvalue weighted by Gasteiger charge is -2.05. The Morgan fingerprint density at radius 3 is 2.71 bits per heavy atom. The molecule has 2 aromatic heterocycles.